The zero-order chi connectivity index (χ0) is 15.6. The number of aryl methyl sites for hydroxylation is 1. The van der Waals surface area contributed by atoms with Gasteiger partial charge in [0, 0.05) is 5.69 Å². The van der Waals surface area contributed by atoms with Crippen molar-refractivity contribution in [2.24, 2.45) is 0 Å². The third-order valence-electron chi connectivity index (χ3n) is 2.85. The first-order valence-electron chi connectivity index (χ1n) is 6.00. The van der Waals surface area contributed by atoms with E-state index in [9.17, 15) is 4.79 Å². The number of methoxy groups -OCH3 is 1. The second-order valence-electron chi connectivity index (χ2n) is 4.34. The van der Waals surface area contributed by atoms with Crippen LogP contribution in [0.15, 0.2) is 24.3 Å². The Kier molecular flexibility index (Phi) is 4.55. The van der Waals surface area contributed by atoms with Crippen molar-refractivity contribution in [1.29, 1.82) is 0 Å². The van der Waals surface area contributed by atoms with E-state index in [0.717, 1.165) is 0 Å². The van der Waals surface area contributed by atoms with E-state index in [-0.39, 0.29) is 10.3 Å². The summed E-state index contributed by atoms with van der Waals surface area (Å²) in [6.45, 7) is 1.77. The number of amides is 1. The van der Waals surface area contributed by atoms with Crippen LogP contribution in [0, 0.1) is 6.92 Å². The number of carbonyl (C=O) groups excluding carboxylic acids is 1. The number of hydrogen-bond acceptors (Lipinski definition) is 4. The number of nitrogens with one attached hydrogen (secondary N) is 1. The van der Waals surface area contributed by atoms with Crippen molar-refractivity contribution in [3.63, 3.8) is 0 Å². The SMILES string of the molecule is COc1ccc(N)cc1C(=O)Nc1c(C)cc(Cl)nc1Cl. The number of pyridine rings is 1. The maximum absolute atomic E-state index is 12.4. The normalized spacial score (nSPS) is 10.3. The number of halogens is 2. The van der Waals surface area contributed by atoms with E-state index in [4.69, 9.17) is 33.7 Å². The minimum Gasteiger partial charge on any atom is -0.496 e. The molecule has 1 aromatic carbocycles. The summed E-state index contributed by atoms with van der Waals surface area (Å²) >= 11 is 11.8. The van der Waals surface area contributed by atoms with Crippen LogP contribution in [0.25, 0.3) is 0 Å². The van der Waals surface area contributed by atoms with E-state index in [1.807, 2.05) is 0 Å². The lowest BCUT2D eigenvalue weighted by atomic mass is 10.1. The molecule has 5 nitrogen and oxygen atoms in total. The molecule has 0 bridgehead atoms. The Hall–Kier alpha value is -1.98. The van der Waals surface area contributed by atoms with E-state index >= 15 is 0 Å². The highest BCUT2D eigenvalue weighted by atomic mass is 35.5. The lowest BCUT2D eigenvalue weighted by molar-refractivity contribution is 0.102. The van der Waals surface area contributed by atoms with E-state index in [1.54, 1.807) is 25.1 Å². The Labute approximate surface area is 132 Å². The molecule has 0 aliphatic heterocycles. The first-order chi connectivity index (χ1) is 9.92. The molecule has 0 radical (unpaired) electrons. The predicted molar refractivity (Wildman–Crippen MR) is 84.4 cm³/mol. The average Bonchev–Trinajstić information content (AvgIpc) is 2.42. The third-order valence-corrected chi connectivity index (χ3v) is 3.32. The van der Waals surface area contributed by atoms with Crippen LogP contribution in [-0.4, -0.2) is 18.0 Å². The van der Waals surface area contributed by atoms with Gasteiger partial charge in [-0.1, -0.05) is 23.2 Å². The molecule has 7 heteroatoms. The van der Waals surface area contributed by atoms with Gasteiger partial charge in [0.15, 0.2) is 5.15 Å². The van der Waals surface area contributed by atoms with Crippen LogP contribution in [0.5, 0.6) is 5.75 Å². The number of nitrogens with two attached hydrogens (primary N) is 1. The molecule has 0 unspecified atom stereocenters. The molecule has 110 valence electrons. The molecule has 2 aromatic rings. The molecule has 0 saturated heterocycles. The van der Waals surface area contributed by atoms with E-state index < -0.39 is 5.91 Å². The van der Waals surface area contributed by atoms with E-state index in [1.165, 1.54) is 13.2 Å². The van der Waals surface area contributed by atoms with Crippen molar-refractivity contribution in [2.45, 2.75) is 6.92 Å². The summed E-state index contributed by atoms with van der Waals surface area (Å²) in [4.78, 5) is 16.3. The molecule has 1 aromatic heterocycles. The molecule has 0 aliphatic carbocycles. The topological polar surface area (TPSA) is 77.2 Å². The van der Waals surface area contributed by atoms with Crippen LogP contribution in [0.1, 0.15) is 15.9 Å². The number of aromatic nitrogens is 1. The third kappa shape index (κ3) is 3.37. The zero-order valence-electron chi connectivity index (χ0n) is 11.4. The number of anilines is 2. The minimum atomic E-state index is -0.395. The summed E-state index contributed by atoms with van der Waals surface area (Å²) in [5, 5.41) is 3.08. The van der Waals surface area contributed by atoms with Crippen LogP contribution in [0.2, 0.25) is 10.3 Å². The van der Waals surface area contributed by atoms with Crippen molar-refractivity contribution in [1.82, 2.24) is 4.98 Å². The van der Waals surface area contributed by atoms with Crippen molar-refractivity contribution < 1.29 is 9.53 Å². The lowest BCUT2D eigenvalue weighted by Gasteiger charge is -2.12. The molecule has 0 atom stereocenters. The van der Waals surface area contributed by atoms with Gasteiger partial charge in [-0.3, -0.25) is 4.79 Å². The van der Waals surface area contributed by atoms with Crippen molar-refractivity contribution in [3.05, 3.63) is 45.7 Å². The number of ether oxygens (including phenoxy) is 1. The fourth-order valence-corrected chi connectivity index (χ4v) is 2.41. The predicted octanol–water partition coefficient (Wildman–Crippen LogP) is 3.54. The number of carbonyl (C=O) groups is 1. The largest absolute Gasteiger partial charge is 0.496 e. The van der Waals surface area contributed by atoms with Gasteiger partial charge >= 0.3 is 0 Å². The number of rotatable bonds is 3. The fourth-order valence-electron chi connectivity index (χ4n) is 1.83. The smallest absolute Gasteiger partial charge is 0.259 e. The van der Waals surface area contributed by atoms with Crippen molar-refractivity contribution >= 4 is 40.5 Å². The molecule has 21 heavy (non-hydrogen) atoms. The van der Waals surface area contributed by atoms with Gasteiger partial charge < -0.3 is 15.8 Å². The molecule has 2 rings (SSSR count). The second-order valence-corrected chi connectivity index (χ2v) is 5.09. The summed E-state index contributed by atoms with van der Waals surface area (Å²) in [6, 6.07) is 6.41. The summed E-state index contributed by atoms with van der Waals surface area (Å²) < 4.78 is 5.15. The van der Waals surface area contributed by atoms with Crippen LogP contribution >= 0.6 is 23.2 Å². The van der Waals surface area contributed by atoms with Gasteiger partial charge in [0.25, 0.3) is 5.91 Å². The molecule has 1 heterocycles. The monoisotopic (exact) mass is 325 g/mol. The quantitative estimate of drug-likeness (QED) is 0.668. The Morgan fingerprint density at radius 1 is 1.33 bits per heavy atom. The van der Waals surface area contributed by atoms with E-state index in [2.05, 4.69) is 10.3 Å². The van der Waals surface area contributed by atoms with Gasteiger partial charge in [0.05, 0.1) is 18.4 Å². The molecular weight excluding hydrogens is 313 g/mol. The molecular formula is C14H13Cl2N3O2. The number of benzene rings is 1. The summed E-state index contributed by atoms with van der Waals surface area (Å²) in [7, 11) is 1.48. The van der Waals surface area contributed by atoms with Crippen molar-refractivity contribution in [3.8, 4) is 5.75 Å². The van der Waals surface area contributed by atoms with Crippen LogP contribution in [-0.2, 0) is 0 Å². The Morgan fingerprint density at radius 2 is 2.05 bits per heavy atom. The van der Waals surface area contributed by atoms with Gasteiger partial charge in [-0.15, -0.1) is 0 Å². The molecule has 0 saturated carbocycles. The second kappa shape index (κ2) is 6.20. The highest BCUT2D eigenvalue weighted by molar-refractivity contribution is 6.35. The standard InChI is InChI=1S/C14H13Cl2N3O2/c1-7-5-11(15)18-13(16)12(7)19-14(20)9-6-8(17)3-4-10(9)21-2/h3-6H,17H2,1-2H3,(H,19,20). The molecule has 1 amide bonds. The lowest BCUT2D eigenvalue weighted by Crippen LogP contribution is -2.15. The Morgan fingerprint density at radius 3 is 2.67 bits per heavy atom. The number of nitrogens with zero attached hydrogens (tertiary/aromatic N) is 1. The maximum Gasteiger partial charge on any atom is 0.259 e. The van der Waals surface area contributed by atoms with E-state index in [0.29, 0.717) is 28.3 Å². The van der Waals surface area contributed by atoms with Crippen molar-refractivity contribution in [2.75, 3.05) is 18.2 Å². The molecule has 3 N–H and O–H groups in total. The average molecular weight is 326 g/mol. The van der Waals surface area contributed by atoms with Gasteiger partial charge in [0.2, 0.25) is 0 Å². The number of hydrogen-bond donors (Lipinski definition) is 2. The first-order valence-corrected chi connectivity index (χ1v) is 6.75. The number of nitrogen functional groups attached to an aromatic ring is 1. The zero-order valence-corrected chi connectivity index (χ0v) is 12.9. The Balaban J connectivity index is 2.37. The minimum absolute atomic E-state index is 0.121. The highest BCUT2D eigenvalue weighted by Gasteiger charge is 2.16. The van der Waals surface area contributed by atoms with Gasteiger partial charge in [0.1, 0.15) is 10.9 Å². The maximum atomic E-state index is 12.4. The van der Waals surface area contributed by atoms with Crippen LogP contribution in [0.3, 0.4) is 0 Å². The van der Waals surface area contributed by atoms with Gasteiger partial charge in [-0.05, 0) is 36.8 Å². The summed E-state index contributed by atoms with van der Waals surface area (Å²) in [5.41, 5.74) is 7.57. The Bertz CT molecular complexity index is 682. The molecule has 0 aliphatic rings. The molecule has 0 fully saturated rings. The van der Waals surface area contributed by atoms with Crippen LogP contribution in [0.4, 0.5) is 11.4 Å². The fraction of sp³-hybridized carbons (Fsp3) is 0.143. The van der Waals surface area contributed by atoms with Crippen LogP contribution < -0.4 is 15.8 Å². The highest BCUT2D eigenvalue weighted by Crippen LogP contribution is 2.28. The summed E-state index contributed by atoms with van der Waals surface area (Å²) in [5.74, 6) is 0.0191. The molecule has 0 spiro atoms. The van der Waals surface area contributed by atoms with Gasteiger partial charge in [-0.2, -0.15) is 0 Å². The summed E-state index contributed by atoms with van der Waals surface area (Å²) in [6.07, 6.45) is 0. The van der Waals surface area contributed by atoms with Gasteiger partial charge in [-0.25, -0.2) is 4.98 Å². The first kappa shape index (κ1) is 15.4.